The molecule has 106 valence electrons. The lowest BCUT2D eigenvalue weighted by atomic mass is 10.2. The fourth-order valence-electron chi connectivity index (χ4n) is 1.60. The Bertz CT molecular complexity index is 557. The van der Waals surface area contributed by atoms with Crippen LogP contribution in [0.3, 0.4) is 0 Å². The van der Waals surface area contributed by atoms with E-state index in [2.05, 4.69) is 20.4 Å². The Balaban J connectivity index is 2.12. The number of carbonyl (C=O) groups is 1. The van der Waals surface area contributed by atoms with Crippen molar-refractivity contribution >= 4 is 11.6 Å². The highest BCUT2D eigenvalue weighted by Crippen LogP contribution is 2.15. The summed E-state index contributed by atoms with van der Waals surface area (Å²) in [6, 6.07) is 2.81. The number of anilines is 1. The molecule has 0 aromatic carbocycles. The zero-order valence-corrected chi connectivity index (χ0v) is 11.1. The number of hydrogen-bond donors (Lipinski definition) is 2. The molecule has 0 saturated heterocycles. The van der Waals surface area contributed by atoms with E-state index >= 15 is 0 Å². The molecule has 2 aromatic heterocycles. The maximum atomic E-state index is 12.0. The number of amides is 1. The molecule has 1 atom stereocenters. The van der Waals surface area contributed by atoms with E-state index < -0.39 is 6.04 Å². The van der Waals surface area contributed by atoms with Gasteiger partial charge in [0.1, 0.15) is 12.7 Å². The highest BCUT2D eigenvalue weighted by atomic mass is 16.5. The van der Waals surface area contributed by atoms with Crippen molar-refractivity contribution in [1.82, 2.24) is 19.7 Å². The molecule has 2 aromatic rings. The molecule has 0 aliphatic rings. The van der Waals surface area contributed by atoms with E-state index in [1.165, 1.54) is 17.3 Å². The third-order valence-corrected chi connectivity index (χ3v) is 2.65. The van der Waals surface area contributed by atoms with E-state index in [-0.39, 0.29) is 5.91 Å². The molecule has 1 unspecified atom stereocenters. The molecule has 1 amide bonds. The smallest absolute Gasteiger partial charge is 0.241 e. The van der Waals surface area contributed by atoms with Crippen molar-refractivity contribution in [2.75, 3.05) is 19.0 Å². The van der Waals surface area contributed by atoms with E-state index in [4.69, 9.17) is 10.5 Å². The van der Waals surface area contributed by atoms with E-state index in [1.807, 2.05) is 0 Å². The number of nitrogens with two attached hydrogens (primary N) is 1. The number of methoxy groups -OCH3 is 1. The molecule has 20 heavy (non-hydrogen) atoms. The third kappa shape index (κ3) is 3.37. The van der Waals surface area contributed by atoms with Gasteiger partial charge in [-0.15, -0.1) is 0 Å². The molecule has 2 heterocycles. The van der Waals surface area contributed by atoms with Crippen molar-refractivity contribution < 1.29 is 9.53 Å². The second kappa shape index (κ2) is 6.73. The number of ether oxygens (including phenoxy) is 1. The number of hydrogen-bond acceptors (Lipinski definition) is 6. The monoisotopic (exact) mass is 276 g/mol. The lowest BCUT2D eigenvalue weighted by Crippen LogP contribution is -2.36. The van der Waals surface area contributed by atoms with Crippen molar-refractivity contribution in [3.8, 4) is 5.82 Å². The number of nitrogens with one attached hydrogen (secondary N) is 1. The topological polar surface area (TPSA) is 108 Å². The van der Waals surface area contributed by atoms with Crippen LogP contribution in [-0.4, -0.2) is 45.4 Å². The molecule has 0 aliphatic heterocycles. The summed E-state index contributed by atoms with van der Waals surface area (Å²) in [6.07, 6.45) is 4.95. The van der Waals surface area contributed by atoms with Crippen molar-refractivity contribution in [3.63, 3.8) is 0 Å². The van der Waals surface area contributed by atoms with Gasteiger partial charge < -0.3 is 15.8 Å². The van der Waals surface area contributed by atoms with E-state index in [9.17, 15) is 4.79 Å². The fraction of sp³-hybridized carbons (Fsp3) is 0.333. The van der Waals surface area contributed by atoms with Crippen LogP contribution in [0, 0.1) is 0 Å². The van der Waals surface area contributed by atoms with Crippen molar-refractivity contribution in [1.29, 1.82) is 0 Å². The number of pyridine rings is 1. The van der Waals surface area contributed by atoms with Crippen LogP contribution in [0.4, 0.5) is 5.69 Å². The van der Waals surface area contributed by atoms with Gasteiger partial charge in [-0.25, -0.2) is 14.6 Å². The predicted octanol–water partition coefficient (Wildman–Crippen LogP) is -0.0354. The Kier molecular flexibility index (Phi) is 4.75. The number of aromatic nitrogens is 4. The predicted molar refractivity (Wildman–Crippen MR) is 72.3 cm³/mol. The van der Waals surface area contributed by atoms with E-state index in [0.717, 1.165) is 0 Å². The highest BCUT2D eigenvalue weighted by molar-refractivity contribution is 5.95. The normalized spacial score (nSPS) is 12.1. The van der Waals surface area contributed by atoms with Crippen molar-refractivity contribution in [2.24, 2.45) is 5.73 Å². The number of carbonyl (C=O) groups excluding carboxylic acids is 1. The summed E-state index contributed by atoms with van der Waals surface area (Å²) in [5.41, 5.74) is 6.30. The maximum absolute atomic E-state index is 12.0. The lowest BCUT2D eigenvalue weighted by Gasteiger charge is -2.13. The average Bonchev–Trinajstić information content (AvgIpc) is 2.99. The Morgan fingerprint density at radius 1 is 1.60 bits per heavy atom. The van der Waals surface area contributed by atoms with Crippen LogP contribution in [0.25, 0.3) is 5.82 Å². The first-order chi connectivity index (χ1) is 9.72. The van der Waals surface area contributed by atoms with Crippen LogP contribution >= 0.6 is 0 Å². The summed E-state index contributed by atoms with van der Waals surface area (Å²) in [6.45, 7) is 0.428. The van der Waals surface area contributed by atoms with Crippen LogP contribution in [0.2, 0.25) is 0 Å². The van der Waals surface area contributed by atoms with Gasteiger partial charge >= 0.3 is 0 Å². The van der Waals surface area contributed by atoms with Gasteiger partial charge in [0.15, 0.2) is 5.82 Å². The van der Waals surface area contributed by atoms with Crippen LogP contribution in [0.5, 0.6) is 0 Å². The first-order valence-corrected chi connectivity index (χ1v) is 6.07. The van der Waals surface area contributed by atoms with Gasteiger partial charge in [0.25, 0.3) is 0 Å². The number of rotatable bonds is 6. The summed E-state index contributed by atoms with van der Waals surface area (Å²) in [7, 11) is 1.56. The molecule has 0 spiro atoms. The van der Waals surface area contributed by atoms with Crippen LogP contribution in [0.15, 0.2) is 31.0 Å². The van der Waals surface area contributed by atoms with Gasteiger partial charge in [-0.1, -0.05) is 0 Å². The molecule has 0 fully saturated rings. The van der Waals surface area contributed by atoms with Crippen LogP contribution in [0.1, 0.15) is 6.42 Å². The number of nitrogens with zero attached hydrogens (tertiary/aromatic N) is 4. The summed E-state index contributed by atoms with van der Waals surface area (Å²) in [5.74, 6) is 0.189. The zero-order valence-electron chi connectivity index (χ0n) is 11.1. The lowest BCUT2D eigenvalue weighted by molar-refractivity contribution is -0.117. The van der Waals surface area contributed by atoms with Gasteiger partial charge in [0, 0.05) is 19.9 Å². The first-order valence-electron chi connectivity index (χ1n) is 6.07. The van der Waals surface area contributed by atoms with Crippen LogP contribution in [-0.2, 0) is 9.53 Å². The third-order valence-electron chi connectivity index (χ3n) is 2.65. The molecular formula is C12H16N6O2. The fourth-order valence-corrected chi connectivity index (χ4v) is 1.60. The summed E-state index contributed by atoms with van der Waals surface area (Å²) in [5, 5.41) is 6.73. The minimum Gasteiger partial charge on any atom is -0.385 e. The van der Waals surface area contributed by atoms with Gasteiger partial charge in [0.2, 0.25) is 5.91 Å². The molecule has 8 nitrogen and oxygen atoms in total. The maximum Gasteiger partial charge on any atom is 0.241 e. The zero-order chi connectivity index (χ0) is 14.4. The average molecular weight is 276 g/mol. The van der Waals surface area contributed by atoms with E-state index in [1.54, 1.807) is 25.4 Å². The first kappa shape index (κ1) is 14.1. The largest absolute Gasteiger partial charge is 0.385 e. The van der Waals surface area contributed by atoms with E-state index in [0.29, 0.717) is 24.5 Å². The molecule has 0 saturated carbocycles. The Labute approximate surface area is 116 Å². The Hall–Kier alpha value is -2.32. The summed E-state index contributed by atoms with van der Waals surface area (Å²) in [4.78, 5) is 20.0. The highest BCUT2D eigenvalue weighted by Gasteiger charge is 2.16. The van der Waals surface area contributed by atoms with Gasteiger partial charge in [-0.2, -0.15) is 5.10 Å². The minimum absolute atomic E-state index is 0.295. The molecule has 0 radical (unpaired) electrons. The van der Waals surface area contributed by atoms with Gasteiger partial charge in [0.05, 0.1) is 11.7 Å². The van der Waals surface area contributed by atoms with Gasteiger partial charge in [-0.3, -0.25) is 4.79 Å². The summed E-state index contributed by atoms with van der Waals surface area (Å²) < 4.78 is 6.37. The molecule has 0 aliphatic carbocycles. The molecular weight excluding hydrogens is 260 g/mol. The Morgan fingerprint density at radius 2 is 2.45 bits per heavy atom. The second-order valence-corrected chi connectivity index (χ2v) is 4.09. The van der Waals surface area contributed by atoms with Crippen molar-refractivity contribution in [3.05, 3.63) is 31.0 Å². The summed E-state index contributed by atoms with van der Waals surface area (Å²) >= 11 is 0. The molecule has 2 rings (SSSR count). The Morgan fingerprint density at radius 3 is 3.15 bits per heavy atom. The standard InChI is InChI=1S/C12H16N6O2/c1-20-6-4-9(13)12(19)17-10-3-2-5-15-11(10)18-8-14-7-16-18/h2-3,5,7-9H,4,6,13H2,1H3,(H,17,19). The quantitative estimate of drug-likeness (QED) is 0.766. The van der Waals surface area contributed by atoms with Crippen molar-refractivity contribution in [2.45, 2.75) is 12.5 Å². The van der Waals surface area contributed by atoms with Gasteiger partial charge in [-0.05, 0) is 18.6 Å². The SMILES string of the molecule is COCCC(N)C(=O)Nc1cccnc1-n1cncn1. The molecule has 8 heteroatoms. The van der Waals surface area contributed by atoms with Crippen LogP contribution < -0.4 is 11.1 Å². The molecule has 3 N–H and O–H groups in total. The molecule has 0 bridgehead atoms. The second-order valence-electron chi connectivity index (χ2n) is 4.09. The minimum atomic E-state index is -0.640.